The summed E-state index contributed by atoms with van der Waals surface area (Å²) in [6.07, 6.45) is 3.38. The van der Waals surface area contributed by atoms with Crippen molar-refractivity contribution in [3.63, 3.8) is 0 Å². The first-order valence-electron chi connectivity index (χ1n) is 6.08. The van der Waals surface area contributed by atoms with Crippen LogP contribution in [0.5, 0.6) is 0 Å². The molecule has 0 aromatic carbocycles. The third kappa shape index (κ3) is 2.74. The second kappa shape index (κ2) is 4.72. The van der Waals surface area contributed by atoms with Gasteiger partial charge in [-0.15, -0.1) is 0 Å². The number of carbonyl (C=O) groups excluding carboxylic acids is 1. The molecule has 0 bridgehead atoms. The van der Waals surface area contributed by atoms with Crippen LogP contribution in [-0.2, 0) is 4.79 Å². The van der Waals surface area contributed by atoms with E-state index in [4.69, 9.17) is 5.73 Å². The van der Waals surface area contributed by atoms with Crippen LogP contribution in [-0.4, -0.2) is 29.2 Å². The van der Waals surface area contributed by atoms with Gasteiger partial charge in [-0.1, -0.05) is 13.3 Å². The van der Waals surface area contributed by atoms with Gasteiger partial charge in [-0.2, -0.15) is 0 Å². The predicted octanol–water partition coefficient (Wildman–Crippen LogP) is 0.781. The first kappa shape index (κ1) is 13.5. The third-order valence-corrected chi connectivity index (χ3v) is 3.94. The number of rotatable bonds is 4. The van der Waals surface area contributed by atoms with Crippen molar-refractivity contribution in [3.05, 3.63) is 0 Å². The lowest BCUT2D eigenvalue weighted by molar-refractivity contribution is -0.131. The molecule has 1 aliphatic rings. The minimum atomic E-state index is -0.825. The van der Waals surface area contributed by atoms with E-state index >= 15 is 0 Å². The summed E-state index contributed by atoms with van der Waals surface area (Å²) in [6, 6.07) is -0.0564. The number of nitrogens with two attached hydrogens (primary N) is 1. The molecule has 1 aliphatic carbocycles. The molecule has 0 aliphatic heterocycles. The lowest BCUT2D eigenvalue weighted by Crippen LogP contribution is -2.50. The van der Waals surface area contributed by atoms with Crippen molar-refractivity contribution in [2.24, 2.45) is 11.1 Å². The Morgan fingerprint density at radius 2 is 2.31 bits per heavy atom. The van der Waals surface area contributed by atoms with Crippen LogP contribution in [0.4, 0.5) is 0 Å². The molecule has 4 heteroatoms. The summed E-state index contributed by atoms with van der Waals surface area (Å²) in [4.78, 5) is 12.0. The van der Waals surface area contributed by atoms with Gasteiger partial charge in [0.15, 0.2) is 0 Å². The van der Waals surface area contributed by atoms with Crippen molar-refractivity contribution in [3.8, 4) is 0 Å². The quantitative estimate of drug-likeness (QED) is 0.665. The normalized spacial score (nSPS) is 33.4. The molecule has 1 amide bonds. The minimum Gasteiger partial charge on any atom is -0.388 e. The molecule has 16 heavy (non-hydrogen) atoms. The average Bonchev–Trinajstić information content (AvgIpc) is 2.57. The van der Waals surface area contributed by atoms with Crippen LogP contribution in [0.1, 0.15) is 46.5 Å². The van der Waals surface area contributed by atoms with E-state index in [1.807, 2.05) is 13.8 Å². The number of carbonyl (C=O) groups is 1. The molecule has 3 unspecified atom stereocenters. The Balaban J connectivity index is 2.53. The van der Waals surface area contributed by atoms with Gasteiger partial charge in [-0.05, 0) is 33.1 Å². The molecular formula is C12H24N2O2. The Hall–Kier alpha value is -0.610. The Morgan fingerprint density at radius 3 is 2.75 bits per heavy atom. The molecule has 1 rings (SSSR count). The standard InChI is InChI=1S/C12H24N2O2/c1-4-11(2,16)8-14-10(15)12(3)7-5-6-9(12)13/h9,16H,4-8,13H2,1-3H3,(H,14,15). The molecule has 1 fully saturated rings. The molecule has 4 N–H and O–H groups in total. The summed E-state index contributed by atoms with van der Waals surface area (Å²) in [7, 11) is 0. The van der Waals surface area contributed by atoms with E-state index < -0.39 is 11.0 Å². The van der Waals surface area contributed by atoms with Crippen molar-refractivity contribution in [2.45, 2.75) is 58.1 Å². The van der Waals surface area contributed by atoms with Gasteiger partial charge >= 0.3 is 0 Å². The lowest BCUT2D eigenvalue weighted by Gasteiger charge is -2.30. The van der Waals surface area contributed by atoms with Crippen molar-refractivity contribution in [2.75, 3.05) is 6.54 Å². The number of hydrogen-bond donors (Lipinski definition) is 3. The van der Waals surface area contributed by atoms with Gasteiger partial charge in [0.25, 0.3) is 0 Å². The van der Waals surface area contributed by atoms with Crippen LogP contribution >= 0.6 is 0 Å². The Labute approximate surface area is 97.6 Å². The predicted molar refractivity (Wildman–Crippen MR) is 63.9 cm³/mol. The van der Waals surface area contributed by atoms with Crippen LogP contribution < -0.4 is 11.1 Å². The number of nitrogens with one attached hydrogen (secondary N) is 1. The molecular weight excluding hydrogens is 204 g/mol. The molecule has 94 valence electrons. The maximum Gasteiger partial charge on any atom is 0.227 e. The summed E-state index contributed by atoms with van der Waals surface area (Å²) in [6.45, 7) is 5.84. The first-order valence-corrected chi connectivity index (χ1v) is 6.08. The number of aliphatic hydroxyl groups is 1. The maximum absolute atomic E-state index is 12.0. The molecule has 0 spiro atoms. The van der Waals surface area contributed by atoms with Crippen molar-refractivity contribution < 1.29 is 9.90 Å². The summed E-state index contributed by atoms with van der Waals surface area (Å²) in [5.74, 6) is -0.0220. The maximum atomic E-state index is 12.0. The van der Waals surface area contributed by atoms with E-state index in [-0.39, 0.29) is 11.9 Å². The summed E-state index contributed by atoms with van der Waals surface area (Å²) < 4.78 is 0. The van der Waals surface area contributed by atoms with Gasteiger partial charge < -0.3 is 16.2 Å². The SMILES string of the molecule is CCC(C)(O)CNC(=O)C1(C)CCCC1N. The zero-order valence-electron chi connectivity index (χ0n) is 10.5. The van der Waals surface area contributed by atoms with Crippen LogP contribution in [0, 0.1) is 5.41 Å². The van der Waals surface area contributed by atoms with E-state index in [1.54, 1.807) is 6.92 Å². The van der Waals surface area contributed by atoms with Crippen molar-refractivity contribution in [1.29, 1.82) is 0 Å². The molecule has 0 radical (unpaired) electrons. The minimum absolute atomic E-state index is 0.0220. The Bertz CT molecular complexity index is 266. The summed E-state index contributed by atoms with van der Waals surface area (Å²) in [5, 5.41) is 12.6. The van der Waals surface area contributed by atoms with Gasteiger partial charge in [0.05, 0.1) is 11.0 Å². The number of amides is 1. The van der Waals surface area contributed by atoms with Crippen LogP contribution in [0.3, 0.4) is 0 Å². The van der Waals surface area contributed by atoms with Gasteiger partial charge in [0.1, 0.15) is 0 Å². The van der Waals surface area contributed by atoms with Crippen LogP contribution in [0.2, 0.25) is 0 Å². The number of hydrogen-bond acceptors (Lipinski definition) is 3. The van der Waals surface area contributed by atoms with Crippen molar-refractivity contribution in [1.82, 2.24) is 5.32 Å². The first-order chi connectivity index (χ1) is 7.32. The molecule has 1 saturated carbocycles. The zero-order valence-corrected chi connectivity index (χ0v) is 10.5. The van der Waals surface area contributed by atoms with Gasteiger partial charge in [-0.3, -0.25) is 4.79 Å². The third-order valence-electron chi connectivity index (χ3n) is 3.94. The van der Waals surface area contributed by atoms with E-state index in [2.05, 4.69) is 5.32 Å². The molecule has 4 nitrogen and oxygen atoms in total. The highest BCUT2D eigenvalue weighted by Gasteiger charge is 2.43. The lowest BCUT2D eigenvalue weighted by atomic mass is 9.84. The highest BCUT2D eigenvalue weighted by atomic mass is 16.3. The van der Waals surface area contributed by atoms with Crippen molar-refractivity contribution >= 4 is 5.91 Å². The summed E-state index contributed by atoms with van der Waals surface area (Å²) in [5.41, 5.74) is 4.68. The molecule has 0 heterocycles. The van der Waals surface area contributed by atoms with Gasteiger partial charge in [0, 0.05) is 12.6 Å². The van der Waals surface area contributed by atoms with E-state index in [0.29, 0.717) is 13.0 Å². The fourth-order valence-corrected chi connectivity index (χ4v) is 2.07. The van der Waals surface area contributed by atoms with Gasteiger partial charge in [0.2, 0.25) is 5.91 Å². The fraction of sp³-hybridized carbons (Fsp3) is 0.917. The topological polar surface area (TPSA) is 75.3 Å². The summed E-state index contributed by atoms with van der Waals surface area (Å²) >= 11 is 0. The molecule has 0 saturated heterocycles. The van der Waals surface area contributed by atoms with E-state index in [9.17, 15) is 9.90 Å². The fourth-order valence-electron chi connectivity index (χ4n) is 2.07. The second-order valence-corrected chi connectivity index (χ2v) is 5.45. The van der Waals surface area contributed by atoms with E-state index in [0.717, 1.165) is 19.3 Å². The van der Waals surface area contributed by atoms with Crippen LogP contribution in [0.15, 0.2) is 0 Å². The van der Waals surface area contributed by atoms with Gasteiger partial charge in [-0.25, -0.2) is 0 Å². The average molecular weight is 228 g/mol. The second-order valence-electron chi connectivity index (χ2n) is 5.45. The Morgan fingerprint density at radius 1 is 1.69 bits per heavy atom. The van der Waals surface area contributed by atoms with Crippen LogP contribution in [0.25, 0.3) is 0 Å². The molecule has 0 aromatic heterocycles. The monoisotopic (exact) mass is 228 g/mol. The molecule has 0 aromatic rings. The highest BCUT2D eigenvalue weighted by Crippen LogP contribution is 2.36. The molecule has 3 atom stereocenters. The smallest absolute Gasteiger partial charge is 0.227 e. The Kier molecular flexibility index (Phi) is 3.97. The zero-order chi connectivity index (χ0) is 12.4. The van der Waals surface area contributed by atoms with E-state index in [1.165, 1.54) is 0 Å². The largest absolute Gasteiger partial charge is 0.388 e. The highest BCUT2D eigenvalue weighted by molar-refractivity contribution is 5.83.